The molecule has 4 rings (SSSR count). The molecule has 35 heavy (non-hydrogen) atoms. The van der Waals surface area contributed by atoms with E-state index >= 15 is 0 Å². The van der Waals surface area contributed by atoms with Crippen LogP contribution in [0.4, 0.5) is 0 Å². The minimum Gasteiger partial charge on any atom is -0.487 e. The van der Waals surface area contributed by atoms with Crippen LogP contribution in [0.15, 0.2) is 103 Å². The van der Waals surface area contributed by atoms with Crippen molar-refractivity contribution in [2.45, 2.75) is 19.0 Å². The molecule has 0 spiro atoms. The van der Waals surface area contributed by atoms with Crippen molar-refractivity contribution < 1.29 is 14.3 Å². The third kappa shape index (κ3) is 5.97. The van der Waals surface area contributed by atoms with Crippen molar-refractivity contribution >= 4 is 23.2 Å². The molecule has 0 unspecified atom stereocenters. The molecule has 2 amide bonds. The molecule has 0 aliphatic heterocycles. The van der Waals surface area contributed by atoms with Crippen LogP contribution >= 0.6 is 11.3 Å². The van der Waals surface area contributed by atoms with Gasteiger partial charge in [-0.15, -0.1) is 11.3 Å². The van der Waals surface area contributed by atoms with Crippen molar-refractivity contribution in [1.82, 2.24) is 10.6 Å². The number of carbonyl (C=O) groups excluding carboxylic acids is 2. The number of rotatable bonds is 9. The maximum atomic E-state index is 13.2. The molecule has 178 valence electrons. The van der Waals surface area contributed by atoms with E-state index in [0.29, 0.717) is 11.1 Å². The van der Waals surface area contributed by atoms with Gasteiger partial charge in [0.05, 0.1) is 19.2 Å². The standard InChI is InChI=1S/C29H28N2O3S/c1-20(26(21-12-6-3-7-13-21)30-28(32)22-14-8-4-9-15-22)27(24-18-19-25(34-2)35-24)31-29(33)23-16-10-5-11-17-23/h3-20,26-27H,1-2H3,(H,30,32)(H,31,33)/t20-,26-,27-/m0/s1. The van der Waals surface area contributed by atoms with Gasteiger partial charge in [0.15, 0.2) is 5.06 Å². The highest BCUT2D eigenvalue weighted by Crippen LogP contribution is 2.38. The van der Waals surface area contributed by atoms with Crippen molar-refractivity contribution in [1.29, 1.82) is 0 Å². The largest absolute Gasteiger partial charge is 0.487 e. The van der Waals surface area contributed by atoms with Gasteiger partial charge in [-0.25, -0.2) is 0 Å². The number of thiophene rings is 1. The predicted octanol–water partition coefficient (Wildman–Crippen LogP) is 6.04. The summed E-state index contributed by atoms with van der Waals surface area (Å²) in [5.41, 5.74) is 2.13. The Kier molecular flexibility index (Phi) is 7.95. The zero-order valence-corrected chi connectivity index (χ0v) is 20.5. The van der Waals surface area contributed by atoms with E-state index in [1.54, 1.807) is 31.4 Å². The first-order valence-electron chi connectivity index (χ1n) is 11.5. The number of carbonyl (C=O) groups is 2. The topological polar surface area (TPSA) is 67.4 Å². The van der Waals surface area contributed by atoms with Gasteiger partial charge in [0.25, 0.3) is 11.8 Å². The van der Waals surface area contributed by atoms with Crippen molar-refractivity contribution in [3.8, 4) is 5.06 Å². The Morgan fingerprint density at radius 2 is 1.17 bits per heavy atom. The van der Waals surface area contributed by atoms with Gasteiger partial charge in [-0.1, -0.05) is 73.7 Å². The van der Waals surface area contributed by atoms with E-state index in [-0.39, 0.29) is 29.8 Å². The Hall–Kier alpha value is -3.90. The third-order valence-electron chi connectivity index (χ3n) is 5.97. The smallest absolute Gasteiger partial charge is 0.251 e. The van der Waals surface area contributed by atoms with Crippen LogP contribution in [-0.2, 0) is 0 Å². The summed E-state index contributed by atoms with van der Waals surface area (Å²) in [4.78, 5) is 27.3. The summed E-state index contributed by atoms with van der Waals surface area (Å²) in [7, 11) is 1.63. The van der Waals surface area contributed by atoms with Crippen molar-refractivity contribution in [2.75, 3.05) is 7.11 Å². The highest BCUT2D eigenvalue weighted by molar-refractivity contribution is 7.13. The maximum absolute atomic E-state index is 13.2. The molecule has 0 aliphatic carbocycles. The van der Waals surface area contributed by atoms with Gasteiger partial charge in [0.1, 0.15) is 0 Å². The number of amides is 2. The second kappa shape index (κ2) is 11.5. The van der Waals surface area contributed by atoms with Gasteiger partial charge in [-0.05, 0) is 42.0 Å². The van der Waals surface area contributed by atoms with Crippen molar-refractivity contribution in [3.63, 3.8) is 0 Å². The first-order chi connectivity index (χ1) is 17.1. The number of ether oxygens (including phenoxy) is 1. The molecule has 6 heteroatoms. The fourth-order valence-electron chi connectivity index (χ4n) is 4.07. The first-order valence-corrected chi connectivity index (χ1v) is 12.3. The summed E-state index contributed by atoms with van der Waals surface area (Å²) in [6, 6.07) is 31.3. The summed E-state index contributed by atoms with van der Waals surface area (Å²) >= 11 is 1.48. The average Bonchev–Trinajstić information content (AvgIpc) is 3.40. The van der Waals surface area contributed by atoms with Crippen LogP contribution in [0.1, 0.15) is 50.2 Å². The van der Waals surface area contributed by atoms with Crippen LogP contribution in [0.25, 0.3) is 0 Å². The molecule has 0 saturated carbocycles. The quantitative estimate of drug-likeness (QED) is 0.305. The SMILES string of the molecule is COc1ccc([C@@H](NC(=O)c2ccccc2)[C@@H](C)[C@H](NC(=O)c2ccccc2)c2ccccc2)s1. The van der Waals surface area contributed by atoms with E-state index in [4.69, 9.17) is 4.74 Å². The molecule has 5 nitrogen and oxygen atoms in total. The van der Waals surface area contributed by atoms with Crippen LogP contribution < -0.4 is 15.4 Å². The lowest BCUT2D eigenvalue weighted by molar-refractivity contribution is 0.0893. The zero-order valence-electron chi connectivity index (χ0n) is 19.7. The summed E-state index contributed by atoms with van der Waals surface area (Å²) in [6.45, 7) is 2.05. The fraction of sp³-hybridized carbons (Fsp3) is 0.172. The molecule has 3 atom stereocenters. The minimum absolute atomic E-state index is 0.164. The molecule has 0 saturated heterocycles. The van der Waals surface area contributed by atoms with Crippen LogP contribution in [0.3, 0.4) is 0 Å². The zero-order chi connectivity index (χ0) is 24.6. The van der Waals surface area contributed by atoms with Gasteiger partial charge in [-0.3, -0.25) is 9.59 Å². The average molecular weight is 485 g/mol. The molecule has 0 aliphatic rings. The Morgan fingerprint density at radius 1 is 0.686 bits per heavy atom. The molecule has 3 aromatic carbocycles. The van der Waals surface area contributed by atoms with Crippen LogP contribution in [-0.4, -0.2) is 18.9 Å². The summed E-state index contributed by atoms with van der Waals surface area (Å²) in [5.74, 6) is -0.514. The molecule has 1 heterocycles. The maximum Gasteiger partial charge on any atom is 0.251 e. The Balaban J connectivity index is 1.69. The van der Waals surface area contributed by atoms with E-state index < -0.39 is 0 Å². The summed E-state index contributed by atoms with van der Waals surface area (Å²) < 4.78 is 5.42. The lowest BCUT2D eigenvalue weighted by Crippen LogP contribution is -2.40. The lowest BCUT2D eigenvalue weighted by atomic mass is 9.87. The summed E-state index contributed by atoms with van der Waals surface area (Å²) in [5, 5.41) is 7.19. The molecule has 0 radical (unpaired) electrons. The lowest BCUT2D eigenvalue weighted by Gasteiger charge is -2.32. The molecule has 4 aromatic rings. The highest BCUT2D eigenvalue weighted by Gasteiger charge is 2.32. The minimum atomic E-state index is -0.363. The Bertz CT molecular complexity index is 1240. The van der Waals surface area contributed by atoms with Crippen molar-refractivity contribution in [2.24, 2.45) is 5.92 Å². The second-order valence-corrected chi connectivity index (χ2v) is 9.34. The normalized spacial score (nSPS) is 13.3. The van der Waals surface area contributed by atoms with Gasteiger partial charge in [0.2, 0.25) is 0 Å². The predicted molar refractivity (Wildman–Crippen MR) is 140 cm³/mol. The van der Waals surface area contributed by atoms with Gasteiger partial charge >= 0.3 is 0 Å². The second-order valence-electron chi connectivity index (χ2n) is 8.27. The molecule has 0 bridgehead atoms. The van der Waals surface area contributed by atoms with E-state index in [1.165, 1.54) is 11.3 Å². The monoisotopic (exact) mass is 484 g/mol. The van der Waals surface area contributed by atoms with Crippen LogP contribution in [0.2, 0.25) is 0 Å². The fourth-order valence-corrected chi connectivity index (χ4v) is 5.06. The number of methoxy groups -OCH3 is 1. The Labute approximate surface area is 209 Å². The van der Waals surface area contributed by atoms with E-state index in [9.17, 15) is 9.59 Å². The van der Waals surface area contributed by atoms with Gasteiger partial charge in [0, 0.05) is 21.9 Å². The first kappa shape index (κ1) is 24.2. The Morgan fingerprint density at radius 3 is 1.66 bits per heavy atom. The molecule has 2 N–H and O–H groups in total. The number of benzene rings is 3. The summed E-state index contributed by atoms with van der Waals surface area (Å²) in [6.07, 6.45) is 0. The molecular formula is C29H28N2O3S. The number of hydrogen-bond acceptors (Lipinski definition) is 4. The van der Waals surface area contributed by atoms with E-state index in [2.05, 4.69) is 10.6 Å². The molecule has 1 aromatic heterocycles. The van der Waals surface area contributed by atoms with E-state index in [1.807, 2.05) is 85.8 Å². The highest BCUT2D eigenvalue weighted by atomic mass is 32.1. The van der Waals surface area contributed by atoms with Gasteiger partial charge < -0.3 is 15.4 Å². The van der Waals surface area contributed by atoms with Crippen LogP contribution in [0, 0.1) is 5.92 Å². The van der Waals surface area contributed by atoms with Crippen molar-refractivity contribution in [3.05, 3.63) is 125 Å². The number of hydrogen-bond donors (Lipinski definition) is 2. The molecule has 0 fully saturated rings. The van der Waals surface area contributed by atoms with E-state index in [0.717, 1.165) is 15.5 Å². The number of nitrogens with one attached hydrogen (secondary N) is 2. The van der Waals surface area contributed by atoms with Gasteiger partial charge in [-0.2, -0.15) is 0 Å². The molecular weight excluding hydrogens is 456 g/mol. The van der Waals surface area contributed by atoms with Crippen LogP contribution in [0.5, 0.6) is 5.06 Å². The third-order valence-corrected chi connectivity index (χ3v) is 7.09.